The highest BCUT2D eigenvalue weighted by atomic mass is 19.4. The van der Waals surface area contributed by atoms with E-state index < -0.39 is 34.9 Å². The van der Waals surface area contributed by atoms with Crippen LogP contribution in [0.4, 0.5) is 22.0 Å². The van der Waals surface area contributed by atoms with Crippen molar-refractivity contribution in [3.63, 3.8) is 0 Å². The zero-order chi connectivity index (χ0) is 29.2. The zero-order valence-corrected chi connectivity index (χ0v) is 21.5. The van der Waals surface area contributed by atoms with Gasteiger partial charge in [0.1, 0.15) is 42.2 Å². The third-order valence-corrected chi connectivity index (χ3v) is 6.73. The van der Waals surface area contributed by atoms with Crippen LogP contribution in [0.2, 0.25) is 0 Å². The number of aromatic nitrogens is 6. The second-order valence-corrected chi connectivity index (χ2v) is 9.43. The molecule has 0 saturated carbocycles. The summed E-state index contributed by atoms with van der Waals surface area (Å²) in [5.41, 5.74) is -1.24. The van der Waals surface area contributed by atoms with Crippen molar-refractivity contribution in [2.24, 2.45) is 0 Å². The molecule has 2 aromatic heterocycles. The van der Waals surface area contributed by atoms with Gasteiger partial charge in [-0.25, -0.2) is 23.1 Å². The third-order valence-electron chi connectivity index (χ3n) is 6.73. The molecule has 0 fully saturated rings. The second-order valence-electron chi connectivity index (χ2n) is 9.43. The van der Waals surface area contributed by atoms with Gasteiger partial charge < -0.3 is 9.84 Å². The van der Waals surface area contributed by atoms with Crippen LogP contribution < -0.4 is 4.74 Å². The lowest BCUT2D eigenvalue weighted by Crippen LogP contribution is -2.38. The van der Waals surface area contributed by atoms with Gasteiger partial charge in [0.25, 0.3) is 0 Å². The Morgan fingerprint density at radius 1 is 0.976 bits per heavy atom. The number of halogens is 5. The normalized spacial score (nSPS) is 14.0. The molecule has 0 spiro atoms. The summed E-state index contributed by atoms with van der Waals surface area (Å²) in [4.78, 5) is 3.87. The Hall–Kier alpha value is -4.65. The predicted molar refractivity (Wildman–Crippen MR) is 136 cm³/mol. The van der Waals surface area contributed by atoms with Crippen molar-refractivity contribution in [1.29, 1.82) is 0 Å². The number of rotatable bonds is 9. The minimum absolute atomic E-state index is 0.0762. The van der Waals surface area contributed by atoms with Gasteiger partial charge >= 0.3 is 6.18 Å². The molecule has 212 valence electrons. The van der Waals surface area contributed by atoms with Gasteiger partial charge in [-0.1, -0.05) is 30.3 Å². The number of alkyl halides is 3. The van der Waals surface area contributed by atoms with Gasteiger partial charge in [0.05, 0.1) is 29.7 Å². The molecule has 2 atom stereocenters. The van der Waals surface area contributed by atoms with Crippen molar-refractivity contribution in [3.05, 3.63) is 120 Å². The Morgan fingerprint density at radius 3 is 2.34 bits per heavy atom. The second kappa shape index (κ2) is 11.1. The van der Waals surface area contributed by atoms with Crippen LogP contribution in [0.1, 0.15) is 35.2 Å². The molecule has 3 aromatic carbocycles. The third kappa shape index (κ3) is 6.09. The SMILES string of the molecule is C[C@@H](c1cn(-c2ccc(OCc3ccc(C(F)(F)F)cc3)cc2)nn1)[C@](O)(Cn1cncn1)c1ccc(F)cc1F. The maximum absolute atomic E-state index is 14.9. The predicted octanol–water partition coefficient (Wildman–Crippen LogP) is 5.43. The molecule has 0 aliphatic carbocycles. The van der Waals surface area contributed by atoms with Crippen LogP contribution in [0, 0.1) is 11.6 Å². The molecule has 2 heterocycles. The molecule has 8 nitrogen and oxygen atoms in total. The highest BCUT2D eigenvalue weighted by Gasteiger charge is 2.41. The molecular formula is C28H23F5N6O2. The van der Waals surface area contributed by atoms with Crippen LogP contribution in [0.5, 0.6) is 5.75 Å². The van der Waals surface area contributed by atoms with Crippen molar-refractivity contribution in [2.75, 3.05) is 0 Å². The van der Waals surface area contributed by atoms with E-state index >= 15 is 0 Å². The average molecular weight is 571 g/mol. The van der Waals surface area contributed by atoms with E-state index in [1.807, 2.05) is 0 Å². The fourth-order valence-electron chi connectivity index (χ4n) is 4.35. The summed E-state index contributed by atoms with van der Waals surface area (Å²) in [7, 11) is 0. The molecule has 41 heavy (non-hydrogen) atoms. The molecule has 5 aromatic rings. The van der Waals surface area contributed by atoms with E-state index in [4.69, 9.17) is 4.74 Å². The molecule has 0 aliphatic rings. The Morgan fingerprint density at radius 2 is 1.71 bits per heavy atom. The summed E-state index contributed by atoms with van der Waals surface area (Å²) in [5, 5.41) is 24.1. The first kappa shape index (κ1) is 27.9. The molecular weight excluding hydrogens is 547 g/mol. The van der Waals surface area contributed by atoms with Crippen molar-refractivity contribution in [1.82, 2.24) is 29.8 Å². The van der Waals surface area contributed by atoms with Crippen molar-refractivity contribution in [2.45, 2.75) is 37.8 Å². The van der Waals surface area contributed by atoms with Gasteiger partial charge in [-0.3, -0.25) is 0 Å². The molecule has 0 radical (unpaired) electrons. The van der Waals surface area contributed by atoms with Gasteiger partial charge in [0.2, 0.25) is 0 Å². The van der Waals surface area contributed by atoms with E-state index in [-0.39, 0.29) is 18.7 Å². The fourth-order valence-corrected chi connectivity index (χ4v) is 4.35. The largest absolute Gasteiger partial charge is 0.489 e. The van der Waals surface area contributed by atoms with E-state index in [1.165, 1.54) is 40.2 Å². The Balaban J connectivity index is 1.32. The Bertz CT molecular complexity index is 1600. The van der Waals surface area contributed by atoms with Gasteiger partial charge in [0.15, 0.2) is 0 Å². The number of hydrogen-bond donors (Lipinski definition) is 1. The summed E-state index contributed by atoms with van der Waals surface area (Å²) < 4.78 is 75.2. The minimum Gasteiger partial charge on any atom is -0.489 e. The lowest BCUT2D eigenvalue weighted by Gasteiger charge is -2.33. The Labute approximate surface area is 230 Å². The average Bonchev–Trinajstić information content (AvgIpc) is 3.64. The molecule has 0 amide bonds. The van der Waals surface area contributed by atoms with E-state index in [1.54, 1.807) is 37.4 Å². The number of benzene rings is 3. The Kier molecular flexibility index (Phi) is 7.54. The number of hydrogen-bond acceptors (Lipinski definition) is 6. The first-order chi connectivity index (χ1) is 19.5. The molecule has 0 aliphatic heterocycles. The van der Waals surface area contributed by atoms with Crippen molar-refractivity contribution < 1.29 is 31.8 Å². The monoisotopic (exact) mass is 570 g/mol. The summed E-state index contributed by atoms with van der Waals surface area (Å²) in [6.45, 7) is 1.54. The molecule has 0 saturated heterocycles. The smallest absolute Gasteiger partial charge is 0.416 e. The zero-order valence-electron chi connectivity index (χ0n) is 21.5. The quantitative estimate of drug-likeness (QED) is 0.238. The van der Waals surface area contributed by atoms with E-state index in [0.717, 1.165) is 18.2 Å². The standard InChI is InChI=1S/C28H23F5N6O2/c1-18(27(40,15-38-17-34-16-35-38)24-11-6-21(29)12-25(24)30)26-13-39(37-36-26)22-7-9-23(10-8-22)41-14-19-2-4-20(5-3-19)28(31,32)33/h2-13,16-18,40H,14-15H2,1H3/t18-,27+/m0/s1. The maximum Gasteiger partial charge on any atom is 0.416 e. The molecule has 5 rings (SSSR count). The molecule has 0 unspecified atom stereocenters. The first-order valence-electron chi connectivity index (χ1n) is 12.3. The summed E-state index contributed by atoms with van der Waals surface area (Å²) >= 11 is 0. The van der Waals surface area contributed by atoms with Crippen LogP contribution in [0.25, 0.3) is 5.69 Å². The number of ether oxygens (including phenoxy) is 1. The van der Waals surface area contributed by atoms with Gasteiger partial charge in [-0.15, -0.1) is 5.10 Å². The molecule has 0 bridgehead atoms. The lowest BCUT2D eigenvalue weighted by atomic mass is 9.80. The highest BCUT2D eigenvalue weighted by molar-refractivity contribution is 5.37. The summed E-state index contributed by atoms with van der Waals surface area (Å²) in [6.07, 6.45) is -0.172. The lowest BCUT2D eigenvalue weighted by molar-refractivity contribution is -0.137. The number of nitrogens with zero attached hydrogens (tertiary/aromatic N) is 6. The summed E-state index contributed by atoms with van der Waals surface area (Å²) in [6, 6.07) is 14.4. The first-order valence-corrected chi connectivity index (χ1v) is 12.3. The van der Waals surface area contributed by atoms with Crippen LogP contribution in [-0.2, 0) is 24.9 Å². The van der Waals surface area contributed by atoms with Crippen LogP contribution >= 0.6 is 0 Å². The van der Waals surface area contributed by atoms with Crippen LogP contribution in [-0.4, -0.2) is 34.9 Å². The van der Waals surface area contributed by atoms with E-state index in [9.17, 15) is 27.1 Å². The van der Waals surface area contributed by atoms with Gasteiger partial charge in [0, 0.05) is 17.5 Å². The number of aliphatic hydroxyl groups is 1. The van der Waals surface area contributed by atoms with Crippen LogP contribution in [0.15, 0.2) is 85.6 Å². The van der Waals surface area contributed by atoms with E-state index in [2.05, 4.69) is 20.4 Å². The van der Waals surface area contributed by atoms with E-state index in [0.29, 0.717) is 28.8 Å². The molecule has 13 heteroatoms. The highest BCUT2D eigenvalue weighted by Crippen LogP contribution is 2.39. The minimum atomic E-state index is -4.40. The maximum atomic E-state index is 14.9. The van der Waals surface area contributed by atoms with Crippen LogP contribution in [0.3, 0.4) is 0 Å². The van der Waals surface area contributed by atoms with Crippen molar-refractivity contribution in [3.8, 4) is 11.4 Å². The molecule has 1 N–H and O–H groups in total. The fraction of sp³-hybridized carbons (Fsp3) is 0.214. The summed E-state index contributed by atoms with van der Waals surface area (Å²) in [5.74, 6) is -2.03. The van der Waals surface area contributed by atoms with Gasteiger partial charge in [-0.2, -0.15) is 18.3 Å². The van der Waals surface area contributed by atoms with Crippen molar-refractivity contribution >= 4 is 0 Å². The topological polar surface area (TPSA) is 90.9 Å². The van der Waals surface area contributed by atoms with Gasteiger partial charge in [-0.05, 0) is 48.0 Å².